The Balaban J connectivity index is 0.00000220. The molecule has 0 spiro atoms. The van der Waals surface area contributed by atoms with Gasteiger partial charge >= 0.3 is 6.18 Å². The Kier molecular flexibility index (Phi) is 7.52. The summed E-state index contributed by atoms with van der Waals surface area (Å²) in [6, 6.07) is 0.0458. The van der Waals surface area contributed by atoms with E-state index in [0.717, 1.165) is 25.3 Å². The highest BCUT2D eigenvalue weighted by Gasteiger charge is 2.34. The molecule has 1 aliphatic heterocycles. The first-order valence-corrected chi connectivity index (χ1v) is 7.22. The molecule has 0 radical (unpaired) electrons. The van der Waals surface area contributed by atoms with E-state index in [1.807, 2.05) is 0 Å². The molecular weight excluding hydrogens is 396 g/mol. The Morgan fingerprint density at radius 3 is 2.57 bits per heavy atom. The fourth-order valence-electron chi connectivity index (χ4n) is 2.54. The number of likely N-dealkylation sites (tertiary alicyclic amines) is 1. The summed E-state index contributed by atoms with van der Waals surface area (Å²) < 4.78 is 36.9. The Labute approximate surface area is 141 Å². The third-order valence-corrected chi connectivity index (χ3v) is 3.78. The van der Waals surface area contributed by atoms with Crippen molar-refractivity contribution >= 4 is 29.9 Å². The minimum atomic E-state index is -4.11. The molecule has 1 saturated carbocycles. The molecule has 0 bridgehead atoms. The van der Waals surface area contributed by atoms with Crippen molar-refractivity contribution in [2.24, 2.45) is 10.9 Å². The molecule has 1 saturated heterocycles. The Hall–Kier alpha value is -0.250. The zero-order valence-electron chi connectivity index (χ0n) is 12.2. The first-order chi connectivity index (χ1) is 9.46. The van der Waals surface area contributed by atoms with E-state index in [2.05, 4.69) is 15.6 Å². The van der Waals surface area contributed by atoms with Gasteiger partial charge in [0.15, 0.2) is 5.96 Å². The Morgan fingerprint density at radius 2 is 2.00 bits per heavy atom. The van der Waals surface area contributed by atoms with Crippen molar-refractivity contribution in [3.63, 3.8) is 0 Å². The molecule has 2 fully saturated rings. The number of nitrogens with zero attached hydrogens (tertiary/aromatic N) is 2. The van der Waals surface area contributed by atoms with Crippen molar-refractivity contribution in [1.29, 1.82) is 0 Å². The molecule has 0 aromatic rings. The van der Waals surface area contributed by atoms with Crippen LogP contribution in [0, 0.1) is 5.92 Å². The van der Waals surface area contributed by atoms with Gasteiger partial charge in [-0.2, -0.15) is 13.2 Å². The summed E-state index contributed by atoms with van der Waals surface area (Å²) >= 11 is 0. The zero-order valence-corrected chi connectivity index (χ0v) is 14.6. The summed E-state index contributed by atoms with van der Waals surface area (Å²) in [7, 11) is 1.69. The van der Waals surface area contributed by atoms with Gasteiger partial charge in [0.1, 0.15) is 0 Å². The van der Waals surface area contributed by atoms with Gasteiger partial charge in [-0.25, -0.2) is 0 Å². The Bertz CT molecular complexity index is 345. The average molecular weight is 420 g/mol. The van der Waals surface area contributed by atoms with Crippen molar-refractivity contribution in [2.75, 3.05) is 33.2 Å². The maximum Gasteiger partial charge on any atom is 0.401 e. The van der Waals surface area contributed by atoms with Crippen LogP contribution in [0.4, 0.5) is 13.2 Å². The first-order valence-electron chi connectivity index (χ1n) is 7.22. The number of halogens is 4. The predicted octanol–water partition coefficient (Wildman–Crippen LogP) is 2.21. The van der Waals surface area contributed by atoms with Crippen LogP contribution in [0.3, 0.4) is 0 Å². The van der Waals surface area contributed by atoms with Crippen LogP contribution in [0.15, 0.2) is 4.99 Å². The van der Waals surface area contributed by atoms with E-state index in [1.165, 1.54) is 17.7 Å². The predicted molar refractivity (Wildman–Crippen MR) is 88.2 cm³/mol. The summed E-state index contributed by atoms with van der Waals surface area (Å²) in [6.45, 7) is 0.960. The first kappa shape index (κ1) is 18.8. The molecule has 0 aromatic carbocycles. The molecule has 4 nitrogen and oxygen atoms in total. The van der Waals surface area contributed by atoms with E-state index in [-0.39, 0.29) is 30.0 Å². The molecule has 8 heteroatoms. The third kappa shape index (κ3) is 7.53. The van der Waals surface area contributed by atoms with Crippen LogP contribution in [-0.4, -0.2) is 56.3 Å². The second-order valence-electron chi connectivity index (χ2n) is 5.71. The zero-order chi connectivity index (χ0) is 14.6. The lowest BCUT2D eigenvalue weighted by molar-refractivity contribution is -0.143. The van der Waals surface area contributed by atoms with Gasteiger partial charge in [-0.3, -0.25) is 9.89 Å². The molecule has 2 N–H and O–H groups in total. The summed E-state index contributed by atoms with van der Waals surface area (Å²) in [5.41, 5.74) is 0. The number of hydrogen-bond donors (Lipinski definition) is 2. The maximum atomic E-state index is 12.3. The molecular formula is C13H24F3IN4. The van der Waals surface area contributed by atoms with E-state index in [9.17, 15) is 13.2 Å². The number of nitrogens with one attached hydrogen (secondary N) is 2. The van der Waals surface area contributed by atoms with Gasteiger partial charge in [-0.05, 0) is 18.8 Å². The van der Waals surface area contributed by atoms with Crippen molar-refractivity contribution in [3.05, 3.63) is 0 Å². The highest BCUT2D eigenvalue weighted by Crippen LogP contribution is 2.31. The summed E-state index contributed by atoms with van der Waals surface area (Å²) in [5.74, 6) is 1.55. The van der Waals surface area contributed by atoms with Crippen LogP contribution in [0.5, 0.6) is 0 Å². The van der Waals surface area contributed by atoms with E-state index in [0.29, 0.717) is 19.0 Å². The van der Waals surface area contributed by atoms with Gasteiger partial charge in [0.2, 0.25) is 0 Å². The van der Waals surface area contributed by atoms with Gasteiger partial charge in [0.25, 0.3) is 0 Å². The molecule has 1 heterocycles. The summed E-state index contributed by atoms with van der Waals surface area (Å²) in [5, 5.41) is 6.43. The van der Waals surface area contributed by atoms with Crippen LogP contribution in [0.2, 0.25) is 0 Å². The van der Waals surface area contributed by atoms with Gasteiger partial charge in [0.05, 0.1) is 6.54 Å². The molecule has 0 aromatic heterocycles. The number of aliphatic imine (C=N–C) groups is 1. The van der Waals surface area contributed by atoms with Crippen LogP contribution in [0.25, 0.3) is 0 Å². The molecule has 1 atom stereocenters. The van der Waals surface area contributed by atoms with Crippen LogP contribution in [-0.2, 0) is 0 Å². The molecule has 2 rings (SSSR count). The van der Waals surface area contributed by atoms with Crippen LogP contribution >= 0.6 is 24.0 Å². The van der Waals surface area contributed by atoms with Gasteiger partial charge < -0.3 is 10.6 Å². The van der Waals surface area contributed by atoms with Crippen LogP contribution in [0.1, 0.15) is 25.7 Å². The summed E-state index contributed by atoms with van der Waals surface area (Å²) in [4.78, 5) is 5.56. The number of guanidine groups is 1. The molecule has 124 valence electrons. The SMILES string of the molecule is CN=C(NCCC1CC1)NC1CCN(CC(F)(F)F)C1.I. The standard InChI is InChI=1S/C13H23F3N4.HI/c1-17-12(18-6-4-10-2-3-10)19-11-5-7-20(8-11)9-13(14,15)16;/h10-11H,2-9H2,1H3,(H2,17,18,19);1H. The van der Waals surface area contributed by atoms with E-state index >= 15 is 0 Å². The van der Waals surface area contributed by atoms with Crippen molar-refractivity contribution < 1.29 is 13.2 Å². The lowest BCUT2D eigenvalue weighted by atomic mass is 10.2. The average Bonchev–Trinajstić information content (AvgIpc) is 3.08. The topological polar surface area (TPSA) is 39.7 Å². The number of rotatable bonds is 5. The fraction of sp³-hybridized carbons (Fsp3) is 0.923. The highest BCUT2D eigenvalue weighted by atomic mass is 127. The van der Waals surface area contributed by atoms with E-state index in [1.54, 1.807) is 7.05 Å². The smallest absolute Gasteiger partial charge is 0.356 e. The molecule has 1 unspecified atom stereocenters. The van der Waals surface area contributed by atoms with Crippen LogP contribution < -0.4 is 10.6 Å². The summed E-state index contributed by atoms with van der Waals surface area (Å²) in [6.07, 6.45) is 0.398. The largest absolute Gasteiger partial charge is 0.401 e. The highest BCUT2D eigenvalue weighted by molar-refractivity contribution is 14.0. The fourth-order valence-corrected chi connectivity index (χ4v) is 2.54. The normalized spacial score (nSPS) is 23.8. The third-order valence-electron chi connectivity index (χ3n) is 3.78. The van der Waals surface area contributed by atoms with Crippen molar-refractivity contribution in [2.45, 2.75) is 37.9 Å². The van der Waals surface area contributed by atoms with Gasteiger partial charge in [-0.1, -0.05) is 12.8 Å². The minimum Gasteiger partial charge on any atom is -0.356 e. The maximum absolute atomic E-state index is 12.3. The lowest BCUT2D eigenvalue weighted by Gasteiger charge is -2.19. The lowest BCUT2D eigenvalue weighted by Crippen LogP contribution is -2.45. The molecule has 0 amide bonds. The minimum absolute atomic E-state index is 0. The van der Waals surface area contributed by atoms with Gasteiger partial charge in [0, 0.05) is 32.7 Å². The second-order valence-corrected chi connectivity index (χ2v) is 5.71. The van der Waals surface area contributed by atoms with Gasteiger partial charge in [-0.15, -0.1) is 24.0 Å². The number of hydrogen-bond acceptors (Lipinski definition) is 2. The van der Waals surface area contributed by atoms with Crippen molar-refractivity contribution in [3.8, 4) is 0 Å². The van der Waals surface area contributed by atoms with Crippen molar-refractivity contribution in [1.82, 2.24) is 15.5 Å². The Morgan fingerprint density at radius 1 is 1.29 bits per heavy atom. The molecule has 21 heavy (non-hydrogen) atoms. The molecule has 1 aliphatic carbocycles. The molecule has 2 aliphatic rings. The van der Waals surface area contributed by atoms with E-state index in [4.69, 9.17) is 0 Å². The van der Waals surface area contributed by atoms with E-state index < -0.39 is 12.7 Å². The number of alkyl halides is 3. The quantitative estimate of drug-likeness (QED) is 0.407. The monoisotopic (exact) mass is 420 g/mol. The second kappa shape index (κ2) is 8.40.